The van der Waals surface area contributed by atoms with E-state index in [1.54, 1.807) is 11.0 Å². The number of carbonyl (C=O) groups excluding carboxylic acids is 1. The van der Waals surface area contributed by atoms with Gasteiger partial charge >= 0.3 is 6.09 Å². The van der Waals surface area contributed by atoms with Gasteiger partial charge in [-0.1, -0.05) is 23.7 Å². The van der Waals surface area contributed by atoms with Crippen molar-refractivity contribution in [1.82, 2.24) is 4.90 Å². The van der Waals surface area contributed by atoms with E-state index in [1.165, 1.54) is 17.7 Å². The molecule has 0 atom stereocenters. The van der Waals surface area contributed by atoms with E-state index in [0.717, 1.165) is 18.5 Å². The number of anilines is 2. The standard InChI is InChI=1S/C22H26ClN3O4/c1-22(2,3)30-21(27)25-12-10-16(11-13-25)15-4-7-18(8-5-15)24-19-14-17(23)6-9-20(19)26(28)29/h4-9,14,16,24H,10-13H2,1-3H3. The van der Waals surface area contributed by atoms with Crippen LogP contribution in [0.4, 0.5) is 21.9 Å². The zero-order valence-electron chi connectivity index (χ0n) is 17.4. The van der Waals surface area contributed by atoms with Crippen LogP contribution < -0.4 is 5.32 Å². The van der Waals surface area contributed by atoms with Gasteiger partial charge in [0.15, 0.2) is 0 Å². The first-order valence-electron chi connectivity index (χ1n) is 9.91. The number of hydrogen-bond acceptors (Lipinski definition) is 5. The number of piperidine rings is 1. The van der Waals surface area contributed by atoms with Gasteiger partial charge in [-0.05, 0) is 69.4 Å². The molecular formula is C22H26ClN3O4. The van der Waals surface area contributed by atoms with Crippen molar-refractivity contribution in [3.05, 3.63) is 63.2 Å². The molecule has 2 aromatic rings. The minimum absolute atomic E-state index is 0.0296. The Bertz CT molecular complexity index is 917. The van der Waals surface area contributed by atoms with E-state index in [-0.39, 0.29) is 11.8 Å². The third-order valence-corrected chi connectivity index (χ3v) is 5.20. The molecular weight excluding hydrogens is 406 g/mol. The van der Waals surface area contributed by atoms with Crippen LogP contribution in [-0.2, 0) is 4.74 Å². The Balaban J connectivity index is 1.62. The molecule has 8 heteroatoms. The number of likely N-dealkylation sites (tertiary alicyclic amines) is 1. The number of rotatable bonds is 4. The van der Waals surface area contributed by atoms with Crippen LogP contribution >= 0.6 is 11.6 Å². The SMILES string of the molecule is CC(C)(C)OC(=O)N1CCC(c2ccc(Nc3cc(Cl)ccc3[N+](=O)[O-])cc2)CC1. The number of nitro groups is 1. The Hall–Kier alpha value is -2.80. The fourth-order valence-electron chi connectivity index (χ4n) is 3.48. The topological polar surface area (TPSA) is 84.7 Å². The van der Waals surface area contributed by atoms with E-state index in [0.29, 0.717) is 29.7 Å². The van der Waals surface area contributed by atoms with Crippen molar-refractivity contribution in [2.24, 2.45) is 0 Å². The maximum atomic E-state index is 12.2. The van der Waals surface area contributed by atoms with Crippen molar-refractivity contribution in [1.29, 1.82) is 0 Å². The largest absolute Gasteiger partial charge is 0.444 e. The van der Waals surface area contributed by atoms with Gasteiger partial charge in [-0.25, -0.2) is 4.79 Å². The summed E-state index contributed by atoms with van der Waals surface area (Å²) < 4.78 is 5.45. The summed E-state index contributed by atoms with van der Waals surface area (Å²) in [6.07, 6.45) is 1.47. The van der Waals surface area contributed by atoms with E-state index < -0.39 is 10.5 Å². The van der Waals surface area contributed by atoms with E-state index in [9.17, 15) is 14.9 Å². The summed E-state index contributed by atoms with van der Waals surface area (Å²) in [6, 6.07) is 12.3. The van der Waals surface area contributed by atoms with Crippen LogP contribution in [0.2, 0.25) is 5.02 Å². The lowest BCUT2D eigenvalue weighted by molar-refractivity contribution is -0.383. The van der Waals surface area contributed by atoms with Crippen molar-refractivity contribution in [3.63, 3.8) is 0 Å². The average molecular weight is 432 g/mol. The summed E-state index contributed by atoms with van der Waals surface area (Å²) >= 11 is 5.98. The summed E-state index contributed by atoms with van der Waals surface area (Å²) in [5, 5.41) is 14.7. The molecule has 3 rings (SSSR count). The quantitative estimate of drug-likeness (QED) is 0.466. The number of halogens is 1. The van der Waals surface area contributed by atoms with Crippen LogP contribution in [0.3, 0.4) is 0 Å². The summed E-state index contributed by atoms with van der Waals surface area (Å²) in [5.74, 6) is 0.359. The molecule has 0 radical (unpaired) electrons. The predicted molar refractivity (Wildman–Crippen MR) is 118 cm³/mol. The van der Waals surface area contributed by atoms with Crippen molar-refractivity contribution in [3.8, 4) is 0 Å². The molecule has 7 nitrogen and oxygen atoms in total. The van der Waals surface area contributed by atoms with Gasteiger partial charge in [-0.2, -0.15) is 0 Å². The predicted octanol–water partition coefficient (Wildman–Crippen LogP) is 6.11. The molecule has 1 saturated heterocycles. The Morgan fingerprint density at radius 3 is 2.37 bits per heavy atom. The van der Waals surface area contributed by atoms with E-state index in [1.807, 2.05) is 45.0 Å². The van der Waals surface area contributed by atoms with Gasteiger partial charge in [-0.15, -0.1) is 0 Å². The van der Waals surface area contributed by atoms with Gasteiger partial charge in [0.05, 0.1) is 4.92 Å². The number of nitro benzene ring substituents is 1. The maximum Gasteiger partial charge on any atom is 0.410 e. The van der Waals surface area contributed by atoms with Gasteiger partial charge in [0.25, 0.3) is 5.69 Å². The van der Waals surface area contributed by atoms with Gasteiger partial charge in [0, 0.05) is 29.9 Å². The van der Waals surface area contributed by atoms with Gasteiger partial charge in [0.2, 0.25) is 0 Å². The van der Waals surface area contributed by atoms with Crippen LogP contribution in [0.5, 0.6) is 0 Å². The van der Waals surface area contributed by atoms with Crippen LogP contribution in [0.15, 0.2) is 42.5 Å². The van der Waals surface area contributed by atoms with Crippen molar-refractivity contribution < 1.29 is 14.5 Å². The fourth-order valence-corrected chi connectivity index (χ4v) is 3.66. The smallest absolute Gasteiger partial charge is 0.410 e. The molecule has 0 aromatic heterocycles. The maximum absolute atomic E-state index is 12.2. The number of benzene rings is 2. The fraction of sp³-hybridized carbons (Fsp3) is 0.409. The number of nitrogens with zero attached hydrogens (tertiary/aromatic N) is 2. The summed E-state index contributed by atoms with van der Waals surface area (Å²) in [4.78, 5) is 24.8. The highest BCUT2D eigenvalue weighted by Gasteiger charge is 2.27. The highest BCUT2D eigenvalue weighted by molar-refractivity contribution is 6.31. The van der Waals surface area contributed by atoms with Crippen LogP contribution in [0, 0.1) is 10.1 Å². The third-order valence-electron chi connectivity index (χ3n) is 4.96. The second-order valence-electron chi connectivity index (χ2n) is 8.41. The zero-order chi connectivity index (χ0) is 21.9. The van der Waals surface area contributed by atoms with Crippen LogP contribution in [-0.4, -0.2) is 34.6 Å². The Morgan fingerprint density at radius 2 is 1.80 bits per heavy atom. The molecule has 0 unspecified atom stereocenters. The molecule has 0 saturated carbocycles. The summed E-state index contributed by atoms with van der Waals surface area (Å²) in [5.41, 5.74) is 1.76. The molecule has 0 bridgehead atoms. The lowest BCUT2D eigenvalue weighted by atomic mass is 9.89. The number of nitrogens with one attached hydrogen (secondary N) is 1. The van der Waals surface area contributed by atoms with Gasteiger partial charge in [0.1, 0.15) is 11.3 Å². The molecule has 0 spiro atoms. The van der Waals surface area contributed by atoms with E-state index >= 15 is 0 Å². The van der Waals surface area contributed by atoms with Crippen molar-refractivity contribution in [2.75, 3.05) is 18.4 Å². The molecule has 0 aliphatic carbocycles. The van der Waals surface area contributed by atoms with Gasteiger partial charge in [-0.3, -0.25) is 10.1 Å². The highest BCUT2D eigenvalue weighted by atomic mass is 35.5. The zero-order valence-corrected chi connectivity index (χ0v) is 18.1. The van der Waals surface area contributed by atoms with E-state index in [2.05, 4.69) is 5.32 Å². The Kier molecular flexibility index (Phi) is 6.51. The molecule has 30 heavy (non-hydrogen) atoms. The van der Waals surface area contributed by atoms with Crippen molar-refractivity contribution >= 4 is 34.8 Å². The normalized spacial score (nSPS) is 15.0. The minimum Gasteiger partial charge on any atom is -0.444 e. The third kappa shape index (κ3) is 5.63. The molecule has 1 N–H and O–H groups in total. The molecule has 160 valence electrons. The van der Waals surface area contributed by atoms with Gasteiger partial charge < -0.3 is 15.0 Å². The summed E-state index contributed by atoms with van der Waals surface area (Å²) in [6.45, 7) is 6.92. The highest BCUT2D eigenvalue weighted by Crippen LogP contribution is 2.33. The molecule has 1 amide bonds. The van der Waals surface area contributed by atoms with Crippen LogP contribution in [0.25, 0.3) is 0 Å². The molecule has 1 fully saturated rings. The summed E-state index contributed by atoms with van der Waals surface area (Å²) in [7, 11) is 0. The number of ether oxygens (including phenoxy) is 1. The number of hydrogen-bond donors (Lipinski definition) is 1. The number of amides is 1. The molecule has 1 heterocycles. The lowest BCUT2D eigenvalue weighted by Gasteiger charge is -2.33. The monoisotopic (exact) mass is 431 g/mol. The van der Waals surface area contributed by atoms with E-state index in [4.69, 9.17) is 16.3 Å². The van der Waals surface area contributed by atoms with Crippen molar-refractivity contribution in [2.45, 2.75) is 45.1 Å². The Morgan fingerprint density at radius 1 is 1.17 bits per heavy atom. The molecule has 2 aromatic carbocycles. The molecule has 1 aliphatic heterocycles. The first kappa shape index (κ1) is 21.9. The first-order valence-corrected chi connectivity index (χ1v) is 10.3. The Labute approximate surface area is 181 Å². The number of carbonyl (C=O) groups is 1. The van der Waals surface area contributed by atoms with Crippen LogP contribution in [0.1, 0.15) is 45.1 Å². The first-order chi connectivity index (χ1) is 14.1. The second-order valence-corrected chi connectivity index (χ2v) is 8.84. The minimum atomic E-state index is -0.491. The lowest BCUT2D eigenvalue weighted by Crippen LogP contribution is -2.41. The average Bonchev–Trinajstić information content (AvgIpc) is 2.67. The second kappa shape index (κ2) is 8.92. The molecule has 1 aliphatic rings.